The molecule has 1 aromatic carbocycles. The summed E-state index contributed by atoms with van der Waals surface area (Å²) in [4.78, 5) is 26.4. The number of nitrogens with zero attached hydrogens (tertiary/aromatic N) is 1. The topological polar surface area (TPSA) is 61.4 Å². The maximum atomic E-state index is 12.3. The van der Waals surface area contributed by atoms with E-state index in [2.05, 4.69) is 29.4 Å². The lowest BCUT2D eigenvalue weighted by Crippen LogP contribution is -2.34. The molecule has 0 aromatic heterocycles. The number of hydrogen-bond acceptors (Lipinski definition) is 3. The summed E-state index contributed by atoms with van der Waals surface area (Å²) in [6, 6.07) is 7.05. The Bertz CT molecular complexity index is 509. The van der Waals surface area contributed by atoms with Crippen LogP contribution in [0.1, 0.15) is 56.8 Å². The van der Waals surface area contributed by atoms with Crippen LogP contribution in [-0.2, 0) is 4.79 Å². The van der Waals surface area contributed by atoms with Crippen molar-refractivity contribution in [1.29, 1.82) is 0 Å². The minimum Gasteiger partial charge on any atom is -0.352 e. The van der Waals surface area contributed by atoms with E-state index >= 15 is 0 Å². The van der Waals surface area contributed by atoms with Gasteiger partial charge in [-0.25, -0.2) is 0 Å². The molecule has 0 aliphatic heterocycles. The number of hydrogen-bond donors (Lipinski definition) is 2. The van der Waals surface area contributed by atoms with Gasteiger partial charge in [-0.1, -0.05) is 32.8 Å². The normalized spacial score (nSPS) is 10.7. The molecule has 1 rings (SSSR count). The molecule has 0 radical (unpaired) electrons. The van der Waals surface area contributed by atoms with Gasteiger partial charge >= 0.3 is 0 Å². The monoisotopic (exact) mass is 333 g/mol. The third-order valence-corrected chi connectivity index (χ3v) is 3.77. The Morgan fingerprint density at radius 1 is 1.04 bits per heavy atom. The molecule has 0 unspecified atom stereocenters. The van der Waals surface area contributed by atoms with Crippen molar-refractivity contribution in [3.63, 3.8) is 0 Å². The van der Waals surface area contributed by atoms with Gasteiger partial charge in [0, 0.05) is 17.8 Å². The van der Waals surface area contributed by atoms with E-state index in [4.69, 9.17) is 0 Å². The molecule has 2 N–H and O–H groups in total. The van der Waals surface area contributed by atoms with E-state index in [0.717, 1.165) is 38.8 Å². The SMILES string of the molecule is CCCCN(CCCC)CC(=O)Nc1cccc(C(=O)NCC)c1. The summed E-state index contributed by atoms with van der Waals surface area (Å²) in [5.41, 5.74) is 1.22. The number of anilines is 1. The zero-order valence-electron chi connectivity index (χ0n) is 15.2. The van der Waals surface area contributed by atoms with E-state index in [9.17, 15) is 9.59 Å². The van der Waals surface area contributed by atoms with Gasteiger partial charge < -0.3 is 10.6 Å². The Balaban J connectivity index is 2.61. The summed E-state index contributed by atoms with van der Waals surface area (Å²) in [5.74, 6) is -0.156. The number of benzene rings is 1. The minimum atomic E-state index is -0.124. The van der Waals surface area contributed by atoms with E-state index in [1.165, 1.54) is 0 Å². The largest absolute Gasteiger partial charge is 0.352 e. The van der Waals surface area contributed by atoms with Crippen LogP contribution in [0.2, 0.25) is 0 Å². The molecule has 0 atom stereocenters. The van der Waals surface area contributed by atoms with Gasteiger partial charge in [0.25, 0.3) is 5.91 Å². The fraction of sp³-hybridized carbons (Fsp3) is 0.579. The Hall–Kier alpha value is -1.88. The van der Waals surface area contributed by atoms with Crippen molar-refractivity contribution in [3.05, 3.63) is 29.8 Å². The van der Waals surface area contributed by atoms with Crippen molar-refractivity contribution < 1.29 is 9.59 Å². The second-order valence-corrected chi connectivity index (χ2v) is 5.97. The molecular weight excluding hydrogens is 302 g/mol. The Morgan fingerprint density at radius 2 is 1.71 bits per heavy atom. The third-order valence-electron chi connectivity index (χ3n) is 3.77. The van der Waals surface area contributed by atoms with Crippen LogP contribution in [0.5, 0.6) is 0 Å². The van der Waals surface area contributed by atoms with Crippen molar-refractivity contribution in [2.75, 3.05) is 31.5 Å². The van der Waals surface area contributed by atoms with E-state index in [0.29, 0.717) is 24.3 Å². The molecule has 0 fully saturated rings. The fourth-order valence-corrected chi connectivity index (χ4v) is 2.44. The summed E-state index contributed by atoms with van der Waals surface area (Å²) in [7, 11) is 0. The molecule has 0 spiro atoms. The van der Waals surface area contributed by atoms with Crippen LogP contribution in [0.4, 0.5) is 5.69 Å². The van der Waals surface area contributed by atoms with Crippen molar-refractivity contribution in [1.82, 2.24) is 10.2 Å². The molecule has 0 saturated heterocycles. The molecule has 0 saturated carbocycles. The number of carbonyl (C=O) groups excluding carboxylic acids is 2. The maximum Gasteiger partial charge on any atom is 0.251 e. The van der Waals surface area contributed by atoms with Gasteiger partial charge in [-0.05, 0) is 51.1 Å². The summed E-state index contributed by atoms with van der Waals surface area (Å²) < 4.78 is 0. The van der Waals surface area contributed by atoms with Crippen LogP contribution in [0.3, 0.4) is 0 Å². The predicted molar refractivity (Wildman–Crippen MR) is 99.3 cm³/mol. The van der Waals surface area contributed by atoms with Gasteiger partial charge in [0.2, 0.25) is 5.91 Å². The third kappa shape index (κ3) is 7.59. The summed E-state index contributed by atoms with van der Waals surface area (Å²) >= 11 is 0. The van der Waals surface area contributed by atoms with E-state index < -0.39 is 0 Å². The molecule has 0 aliphatic carbocycles. The van der Waals surface area contributed by atoms with Crippen LogP contribution >= 0.6 is 0 Å². The fourth-order valence-electron chi connectivity index (χ4n) is 2.44. The number of amides is 2. The first kappa shape index (κ1) is 20.2. The van der Waals surface area contributed by atoms with Gasteiger partial charge in [0.1, 0.15) is 0 Å². The van der Waals surface area contributed by atoms with Crippen LogP contribution in [0.25, 0.3) is 0 Å². The summed E-state index contributed by atoms with van der Waals surface area (Å²) in [6.45, 7) is 9.07. The summed E-state index contributed by atoms with van der Waals surface area (Å²) in [5, 5.41) is 5.66. The number of nitrogens with one attached hydrogen (secondary N) is 2. The lowest BCUT2D eigenvalue weighted by molar-refractivity contribution is -0.117. The van der Waals surface area contributed by atoms with Crippen LogP contribution in [0, 0.1) is 0 Å². The molecule has 24 heavy (non-hydrogen) atoms. The number of carbonyl (C=O) groups is 2. The van der Waals surface area contributed by atoms with Gasteiger partial charge in [-0.15, -0.1) is 0 Å². The van der Waals surface area contributed by atoms with Gasteiger partial charge in [0.15, 0.2) is 0 Å². The highest BCUT2D eigenvalue weighted by Gasteiger charge is 2.11. The number of rotatable bonds is 11. The average Bonchev–Trinajstić information content (AvgIpc) is 2.57. The Morgan fingerprint density at radius 3 is 2.29 bits per heavy atom. The highest BCUT2D eigenvalue weighted by Crippen LogP contribution is 2.11. The molecule has 134 valence electrons. The standard InChI is InChI=1S/C19H31N3O2/c1-4-7-12-22(13-8-5-2)15-18(23)21-17-11-9-10-16(14-17)19(24)20-6-3/h9-11,14H,4-8,12-13,15H2,1-3H3,(H,20,24)(H,21,23). The molecule has 5 nitrogen and oxygen atoms in total. The zero-order valence-corrected chi connectivity index (χ0v) is 15.2. The van der Waals surface area contributed by atoms with Gasteiger partial charge in [0.05, 0.1) is 6.54 Å². The van der Waals surface area contributed by atoms with E-state index in [-0.39, 0.29) is 11.8 Å². The molecule has 0 aliphatic rings. The lowest BCUT2D eigenvalue weighted by atomic mass is 10.2. The van der Waals surface area contributed by atoms with Gasteiger partial charge in [-0.3, -0.25) is 14.5 Å². The van der Waals surface area contributed by atoms with Crippen molar-refractivity contribution in [2.45, 2.75) is 46.5 Å². The van der Waals surface area contributed by atoms with Crippen molar-refractivity contribution in [3.8, 4) is 0 Å². The van der Waals surface area contributed by atoms with E-state index in [1.54, 1.807) is 18.2 Å². The first-order valence-corrected chi connectivity index (χ1v) is 9.01. The minimum absolute atomic E-state index is 0.0322. The highest BCUT2D eigenvalue weighted by atomic mass is 16.2. The second-order valence-electron chi connectivity index (χ2n) is 5.97. The summed E-state index contributed by atoms with van der Waals surface area (Å²) in [6.07, 6.45) is 4.45. The van der Waals surface area contributed by atoms with Crippen molar-refractivity contribution >= 4 is 17.5 Å². The Kier molecular flexibility index (Phi) is 9.77. The highest BCUT2D eigenvalue weighted by molar-refractivity contribution is 5.97. The van der Waals surface area contributed by atoms with Crippen LogP contribution in [0.15, 0.2) is 24.3 Å². The Labute approximate surface area is 145 Å². The molecule has 0 bridgehead atoms. The average molecular weight is 333 g/mol. The van der Waals surface area contributed by atoms with Gasteiger partial charge in [-0.2, -0.15) is 0 Å². The maximum absolute atomic E-state index is 12.3. The lowest BCUT2D eigenvalue weighted by Gasteiger charge is -2.21. The quantitative estimate of drug-likeness (QED) is 0.653. The first-order valence-electron chi connectivity index (χ1n) is 9.01. The molecular formula is C19H31N3O2. The van der Waals surface area contributed by atoms with Crippen LogP contribution in [-0.4, -0.2) is 42.9 Å². The van der Waals surface area contributed by atoms with E-state index in [1.807, 2.05) is 13.0 Å². The predicted octanol–water partition coefficient (Wildman–Crippen LogP) is 3.28. The second kappa shape index (κ2) is 11.6. The molecule has 5 heteroatoms. The zero-order chi connectivity index (χ0) is 17.8. The molecule has 1 aromatic rings. The first-order chi connectivity index (χ1) is 11.6. The van der Waals surface area contributed by atoms with Crippen LogP contribution < -0.4 is 10.6 Å². The number of unbranched alkanes of at least 4 members (excludes halogenated alkanes) is 2. The van der Waals surface area contributed by atoms with Crippen molar-refractivity contribution in [2.24, 2.45) is 0 Å². The molecule has 2 amide bonds. The molecule has 0 heterocycles. The smallest absolute Gasteiger partial charge is 0.251 e.